The molecular weight excluding hydrogens is 348 g/mol. The van der Waals surface area contributed by atoms with Crippen LogP contribution in [0.15, 0.2) is 58.7 Å². The summed E-state index contributed by atoms with van der Waals surface area (Å²) >= 11 is 6.23. The molecule has 132 valence electrons. The second kappa shape index (κ2) is 7.97. The molecule has 3 rings (SSSR count). The second-order valence-electron chi connectivity index (χ2n) is 5.90. The Morgan fingerprint density at radius 3 is 2.42 bits per heavy atom. The minimum absolute atomic E-state index is 0.386. The van der Waals surface area contributed by atoms with Gasteiger partial charge in [0, 0.05) is 30.7 Å². The van der Waals surface area contributed by atoms with Crippen molar-refractivity contribution in [2.75, 3.05) is 26.1 Å². The quantitative estimate of drug-likeness (QED) is 0.381. The fraction of sp³-hybridized carbons (Fsp3) is 0.150. The largest absolute Gasteiger partial charge is 0.497 e. The number of fused-ring (bicyclic) bond motifs is 1. The molecule has 0 fully saturated rings. The maximum Gasteiger partial charge on any atom is 0.138 e. The maximum absolute atomic E-state index is 6.23. The first kappa shape index (κ1) is 17.9. The van der Waals surface area contributed by atoms with Crippen LogP contribution in [0.4, 0.5) is 5.69 Å². The summed E-state index contributed by atoms with van der Waals surface area (Å²) in [4.78, 5) is 6.42. The van der Waals surface area contributed by atoms with Crippen LogP contribution in [0.1, 0.15) is 11.1 Å². The zero-order chi connectivity index (χ0) is 18.5. The topological polar surface area (TPSA) is 50.1 Å². The van der Waals surface area contributed by atoms with Gasteiger partial charge in [0.15, 0.2) is 0 Å². The molecule has 0 spiro atoms. The van der Waals surface area contributed by atoms with E-state index in [1.807, 2.05) is 67.5 Å². The number of hydrogen-bond donors (Lipinski definition) is 0. The Kier molecular flexibility index (Phi) is 5.49. The van der Waals surface area contributed by atoms with E-state index < -0.39 is 0 Å². The Morgan fingerprint density at radius 2 is 1.73 bits per heavy atom. The summed E-state index contributed by atoms with van der Waals surface area (Å²) in [5, 5.41) is 9.48. The first-order valence-electron chi connectivity index (χ1n) is 8.05. The number of methoxy groups -OCH3 is 1. The molecule has 5 nitrogen and oxygen atoms in total. The Morgan fingerprint density at radius 1 is 1.00 bits per heavy atom. The third-order valence-corrected chi connectivity index (χ3v) is 4.19. The third-order valence-electron chi connectivity index (χ3n) is 3.88. The molecule has 0 bridgehead atoms. The molecule has 0 unspecified atom stereocenters. The molecule has 1 heterocycles. The average Bonchev–Trinajstić information content (AvgIpc) is 2.65. The fourth-order valence-corrected chi connectivity index (χ4v) is 2.61. The van der Waals surface area contributed by atoms with Gasteiger partial charge in [-0.05, 0) is 42.0 Å². The SMILES string of the molecule is COc1ccc2nc(Cl)c(/C=N/N=C/c3ccc(N(C)C)cc3)cc2c1. The molecule has 0 aliphatic heterocycles. The van der Waals surface area contributed by atoms with Crippen molar-refractivity contribution in [3.63, 3.8) is 0 Å². The van der Waals surface area contributed by atoms with Crippen LogP contribution in [-0.4, -0.2) is 38.6 Å². The molecule has 0 aliphatic rings. The van der Waals surface area contributed by atoms with Crippen LogP contribution in [-0.2, 0) is 0 Å². The number of halogens is 1. The van der Waals surface area contributed by atoms with E-state index in [4.69, 9.17) is 16.3 Å². The monoisotopic (exact) mass is 366 g/mol. The first-order valence-corrected chi connectivity index (χ1v) is 8.43. The summed E-state index contributed by atoms with van der Waals surface area (Å²) in [7, 11) is 5.64. The van der Waals surface area contributed by atoms with Crippen molar-refractivity contribution in [3.8, 4) is 5.75 Å². The van der Waals surface area contributed by atoms with Crippen molar-refractivity contribution in [3.05, 3.63) is 64.8 Å². The summed E-state index contributed by atoms with van der Waals surface area (Å²) in [6.45, 7) is 0. The zero-order valence-corrected chi connectivity index (χ0v) is 15.6. The van der Waals surface area contributed by atoms with Gasteiger partial charge in [-0.15, -0.1) is 0 Å². The van der Waals surface area contributed by atoms with Crippen LogP contribution in [0.2, 0.25) is 5.15 Å². The van der Waals surface area contributed by atoms with Crippen LogP contribution in [0.3, 0.4) is 0 Å². The predicted molar refractivity (Wildman–Crippen MR) is 109 cm³/mol. The molecule has 0 N–H and O–H groups in total. The zero-order valence-electron chi connectivity index (χ0n) is 14.8. The van der Waals surface area contributed by atoms with Crippen molar-refractivity contribution in [1.82, 2.24) is 4.98 Å². The van der Waals surface area contributed by atoms with Gasteiger partial charge >= 0.3 is 0 Å². The van der Waals surface area contributed by atoms with Crippen LogP contribution in [0.25, 0.3) is 10.9 Å². The van der Waals surface area contributed by atoms with E-state index in [2.05, 4.69) is 15.2 Å². The fourth-order valence-electron chi connectivity index (χ4n) is 2.42. The molecule has 3 aromatic rings. The summed E-state index contributed by atoms with van der Waals surface area (Å²) in [6.07, 6.45) is 3.29. The standard InChI is InChI=1S/C20H19ClN4O/c1-25(2)17-6-4-14(5-7-17)12-22-23-13-16-10-15-11-18(26-3)8-9-19(15)24-20(16)21/h4-13H,1-3H3/b22-12+,23-13+. The number of rotatable bonds is 5. The van der Waals surface area contributed by atoms with E-state index in [1.54, 1.807) is 19.5 Å². The van der Waals surface area contributed by atoms with Gasteiger partial charge in [-0.25, -0.2) is 4.98 Å². The summed E-state index contributed by atoms with van der Waals surface area (Å²) in [5.74, 6) is 0.767. The van der Waals surface area contributed by atoms with Crippen LogP contribution in [0, 0.1) is 0 Å². The smallest absolute Gasteiger partial charge is 0.138 e. The van der Waals surface area contributed by atoms with Gasteiger partial charge < -0.3 is 9.64 Å². The minimum Gasteiger partial charge on any atom is -0.497 e. The first-order chi connectivity index (χ1) is 12.6. The summed E-state index contributed by atoms with van der Waals surface area (Å²) < 4.78 is 5.24. The highest BCUT2D eigenvalue weighted by Gasteiger charge is 2.04. The molecule has 0 atom stereocenters. The highest BCUT2D eigenvalue weighted by atomic mass is 35.5. The number of aromatic nitrogens is 1. The highest BCUT2D eigenvalue weighted by molar-refractivity contribution is 6.32. The summed E-state index contributed by atoms with van der Waals surface area (Å²) in [6, 6.07) is 15.6. The number of ether oxygens (including phenoxy) is 1. The van der Waals surface area contributed by atoms with E-state index in [9.17, 15) is 0 Å². The van der Waals surface area contributed by atoms with Gasteiger partial charge in [-0.3, -0.25) is 0 Å². The summed E-state index contributed by atoms with van der Waals surface area (Å²) in [5.41, 5.74) is 3.61. The molecule has 2 aromatic carbocycles. The van der Waals surface area contributed by atoms with Crippen molar-refractivity contribution in [2.24, 2.45) is 10.2 Å². The maximum atomic E-state index is 6.23. The lowest BCUT2D eigenvalue weighted by molar-refractivity contribution is 0.415. The number of anilines is 1. The number of benzene rings is 2. The van der Waals surface area contributed by atoms with Gasteiger partial charge in [0.1, 0.15) is 10.9 Å². The lowest BCUT2D eigenvalue weighted by atomic mass is 10.1. The average molecular weight is 367 g/mol. The Labute approximate surface area is 157 Å². The van der Waals surface area contributed by atoms with Crippen LogP contribution >= 0.6 is 11.6 Å². The van der Waals surface area contributed by atoms with Crippen molar-refractivity contribution >= 4 is 40.6 Å². The van der Waals surface area contributed by atoms with E-state index >= 15 is 0 Å². The van der Waals surface area contributed by atoms with Crippen LogP contribution in [0.5, 0.6) is 5.75 Å². The molecule has 1 aromatic heterocycles. The van der Waals surface area contributed by atoms with Gasteiger partial charge in [-0.2, -0.15) is 10.2 Å². The molecule has 26 heavy (non-hydrogen) atoms. The molecule has 0 saturated carbocycles. The lowest BCUT2D eigenvalue weighted by Crippen LogP contribution is -2.08. The normalized spacial score (nSPS) is 11.5. The van der Waals surface area contributed by atoms with Crippen molar-refractivity contribution < 1.29 is 4.74 Å². The number of nitrogens with zero attached hydrogens (tertiary/aromatic N) is 4. The van der Waals surface area contributed by atoms with E-state index in [0.717, 1.165) is 27.9 Å². The number of pyridine rings is 1. The Bertz CT molecular complexity index is 965. The lowest BCUT2D eigenvalue weighted by Gasteiger charge is -2.11. The molecule has 0 amide bonds. The Hall–Kier alpha value is -2.92. The van der Waals surface area contributed by atoms with Crippen molar-refractivity contribution in [2.45, 2.75) is 0 Å². The molecule has 0 aliphatic carbocycles. The van der Waals surface area contributed by atoms with Gasteiger partial charge in [0.25, 0.3) is 0 Å². The molecule has 0 radical (unpaired) electrons. The molecule has 0 saturated heterocycles. The van der Waals surface area contributed by atoms with Crippen molar-refractivity contribution in [1.29, 1.82) is 0 Å². The van der Waals surface area contributed by atoms with E-state index in [-0.39, 0.29) is 0 Å². The molecule has 6 heteroatoms. The van der Waals surface area contributed by atoms with E-state index in [1.165, 1.54) is 0 Å². The predicted octanol–water partition coefficient (Wildman–Crippen LogP) is 4.42. The number of hydrogen-bond acceptors (Lipinski definition) is 5. The minimum atomic E-state index is 0.386. The second-order valence-corrected chi connectivity index (χ2v) is 6.26. The van der Waals surface area contributed by atoms with E-state index in [0.29, 0.717) is 10.7 Å². The third kappa shape index (κ3) is 4.18. The van der Waals surface area contributed by atoms with Gasteiger partial charge in [0.2, 0.25) is 0 Å². The van der Waals surface area contributed by atoms with Gasteiger partial charge in [-0.1, -0.05) is 23.7 Å². The molecular formula is C20H19ClN4O. The Balaban J connectivity index is 1.77. The van der Waals surface area contributed by atoms with Gasteiger partial charge in [0.05, 0.1) is 25.1 Å². The van der Waals surface area contributed by atoms with Crippen LogP contribution < -0.4 is 9.64 Å². The highest BCUT2D eigenvalue weighted by Crippen LogP contribution is 2.23.